The fraction of sp³-hybridized carbons (Fsp3) is 0.333. The second-order valence-corrected chi connectivity index (χ2v) is 4.83. The minimum atomic E-state index is -4.70. The highest BCUT2D eigenvalue weighted by Crippen LogP contribution is 2.22. The topological polar surface area (TPSA) is 67.0 Å². The average molecular weight is 327 g/mol. The van der Waals surface area contributed by atoms with Crippen LogP contribution in [-0.2, 0) is 12.8 Å². The van der Waals surface area contributed by atoms with Crippen LogP contribution in [0.15, 0.2) is 30.3 Å². The fourth-order valence-electron chi connectivity index (χ4n) is 1.93. The highest BCUT2D eigenvalue weighted by atomic mass is 19.4. The number of benzene rings is 1. The summed E-state index contributed by atoms with van der Waals surface area (Å²) in [6.45, 7) is 2.30. The molecule has 0 aliphatic rings. The van der Waals surface area contributed by atoms with Crippen LogP contribution in [0, 0.1) is 0 Å². The third-order valence-corrected chi connectivity index (χ3v) is 3.10. The molecule has 0 radical (unpaired) electrons. The maximum atomic E-state index is 12.0. The first-order valence-electron chi connectivity index (χ1n) is 7.04. The molecule has 2 N–H and O–H groups in total. The Morgan fingerprint density at radius 3 is 2.57 bits per heavy atom. The Hall–Kier alpha value is -2.51. The van der Waals surface area contributed by atoms with Gasteiger partial charge in [-0.15, -0.1) is 13.2 Å². The standard InChI is InChI=1S/C15H16F3N3O2/c1-2-11-9-13(21-20-11)14(22)19-8-7-10-3-5-12(6-4-10)23-15(16,17)18/h3-6,9H,2,7-8H2,1H3,(H,19,22)(H,20,21). The van der Waals surface area contributed by atoms with Crippen molar-refractivity contribution in [3.63, 3.8) is 0 Å². The summed E-state index contributed by atoms with van der Waals surface area (Å²) in [5, 5.41) is 9.36. The summed E-state index contributed by atoms with van der Waals surface area (Å²) < 4.78 is 39.9. The molecular formula is C15H16F3N3O2. The van der Waals surface area contributed by atoms with E-state index in [1.54, 1.807) is 6.07 Å². The molecule has 1 aromatic carbocycles. The van der Waals surface area contributed by atoms with Crippen LogP contribution in [0.1, 0.15) is 28.7 Å². The van der Waals surface area contributed by atoms with Gasteiger partial charge in [-0.25, -0.2) is 0 Å². The van der Waals surface area contributed by atoms with E-state index in [0.29, 0.717) is 18.7 Å². The molecule has 0 saturated heterocycles. The van der Waals surface area contributed by atoms with Gasteiger partial charge in [-0.1, -0.05) is 19.1 Å². The predicted octanol–water partition coefficient (Wildman–Crippen LogP) is 2.84. The third-order valence-electron chi connectivity index (χ3n) is 3.10. The van der Waals surface area contributed by atoms with Crippen molar-refractivity contribution in [3.05, 3.63) is 47.3 Å². The molecule has 1 amide bonds. The van der Waals surface area contributed by atoms with Gasteiger partial charge in [-0.2, -0.15) is 5.10 Å². The maximum Gasteiger partial charge on any atom is 0.573 e. The van der Waals surface area contributed by atoms with Crippen molar-refractivity contribution in [1.29, 1.82) is 0 Å². The number of nitrogens with one attached hydrogen (secondary N) is 2. The van der Waals surface area contributed by atoms with Crippen molar-refractivity contribution in [2.75, 3.05) is 6.54 Å². The van der Waals surface area contributed by atoms with Crippen LogP contribution in [-0.4, -0.2) is 29.0 Å². The van der Waals surface area contributed by atoms with E-state index in [0.717, 1.165) is 17.7 Å². The predicted molar refractivity (Wildman–Crippen MR) is 77.1 cm³/mol. The number of halogens is 3. The Balaban J connectivity index is 1.80. The van der Waals surface area contributed by atoms with Crippen LogP contribution in [0.4, 0.5) is 13.2 Å². The Morgan fingerprint density at radius 1 is 1.30 bits per heavy atom. The molecule has 0 bridgehead atoms. The molecular weight excluding hydrogens is 311 g/mol. The molecule has 2 aromatic rings. The quantitative estimate of drug-likeness (QED) is 0.857. The zero-order valence-electron chi connectivity index (χ0n) is 12.4. The summed E-state index contributed by atoms with van der Waals surface area (Å²) in [6.07, 6.45) is -3.45. The second kappa shape index (κ2) is 7.17. The van der Waals surface area contributed by atoms with E-state index in [-0.39, 0.29) is 11.7 Å². The summed E-state index contributed by atoms with van der Waals surface area (Å²) in [7, 11) is 0. The van der Waals surface area contributed by atoms with E-state index in [4.69, 9.17) is 0 Å². The summed E-state index contributed by atoms with van der Waals surface area (Å²) in [5.41, 5.74) is 1.97. The van der Waals surface area contributed by atoms with Gasteiger partial charge in [0.25, 0.3) is 5.91 Å². The zero-order chi connectivity index (χ0) is 16.9. The number of hydrogen-bond donors (Lipinski definition) is 2. The summed E-state index contributed by atoms with van der Waals surface area (Å²) >= 11 is 0. The number of aryl methyl sites for hydroxylation is 1. The lowest BCUT2D eigenvalue weighted by atomic mass is 10.1. The zero-order valence-corrected chi connectivity index (χ0v) is 12.4. The van der Waals surface area contributed by atoms with Crippen molar-refractivity contribution in [3.8, 4) is 5.75 Å². The van der Waals surface area contributed by atoms with Gasteiger partial charge in [0, 0.05) is 12.2 Å². The number of hydrogen-bond acceptors (Lipinski definition) is 3. The molecule has 0 unspecified atom stereocenters. The van der Waals surface area contributed by atoms with E-state index in [1.165, 1.54) is 24.3 Å². The number of alkyl halides is 3. The number of aromatic amines is 1. The second-order valence-electron chi connectivity index (χ2n) is 4.83. The van der Waals surface area contributed by atoms with E-state index < -0.39 is 6.36 Å². The van der Waals surface area contributed by atoms with Gasteiger partial charge < -0.3 is 10.1 Å². The van der Waals surface area contributed by atoms with Crippen molar-refractivity contribution < 1.29 is 22.7 Å². The van der Waals surface area contributed by atoms with Crippen molar-refractivity contribution in [2.24, 2.45) is 0 Å². The van der Waals surface area contributed by atoms with Crippen LogP contribution in [0.25, 0.3) is 0 Å². The van der Waals surface area contributed by atoms with E-state index in [9.17, 15) is 18.0 Å². The minimum absolute atomic E-state index is 0.270. The van der Waals surface area contributed by atoms with Crippen LogP contribution in [0.5, 0.6) is 5.75 Å². The lowest BCUT2D eigenvalue weighted by molar-refractivity contribution is -0.274. The van der Waals surface area contributed by atoms with Crippen LogP contribution in [0.3, 0.4) is 0 Å². The molecule has 8 heteroatoms. The summed E-state index contributed by atoms with van der Waals surface area (Å²) in [4.78, 5) is 11.8. The molecule has 0 spiro atoms. The summed E-state index contributed by atoms with van der Waals surface area (Å²) in [5.74, 6) is -0.563. The number of carbonyl (C=O) groups excluding carboxylic acids is 1. The number of nitrogens with zero attached hydrogens (tertiary/aromatic N) is 1. The Kier molecular flexibility index (Phi) is 5.25. The minimum Gasteiger partial charge on any atom is -0.406 e. The molecule has 1 heterocycles. The van der Waals surface area contributed by atoms with Gasteiger partial charge >= 0.3 is 6.36 Å². The molecule has 1 aromatic heterocycles. The number of amides is 1. The van der Waals surface area contributed by atoms with E-state index >= 15 is 0 Å². The largest absolute Gasteiger partial charge is 0.573 e. The van der Waals surface area contributed by atoms with Gasteiger partial charge in [0.1, 0.15) is 11.4 Å². The first-order valence-corrected chi connectivity index (χ1v) is 7.04. The Morgan fingerprint density at radius 2 is 2.00 bits per heavy atom. The smallest absolute Gasteiger partial charge is 0.406 e. The number of ether oxygens (including phenoxy) is 1. The molecule has 124 valence electrons. The fourth-order valence-corrected chi connectivity index (χ4v) is 1.93. The van der Waals surface area contributed by atoms with E-state index in [2.05, 4.69) is 20.3 Å². The van der Waals surface area contributed by atoms with E-state index in [1.807, 2.05) is 6.92 Å². The maximum absolute atomic E-state index is 12.0. The van der Waals surface area contributed by atoms with Gasteiger partial charge in [0.15, 0.2) is 0 Å². The van der Waals surface area contributed by atoms with Crippen LogP contribution >= 0.6 is 0 Å². The van der Waals surface area contributed by atoms with Gasteiger partial charge in [-0.3, -0.25) is 9.89 Å². The Bertz CT molecular complexity index is 651. The molecule has 0 saturated carbocycles. The molecule has 2 rings (SSSR count). The SMILES string of the molecule is CCc1cc(C(=O)NCCc2ccc(OC(F)(F)F)cc2)n[nH]1. The molecule has 5 nitrogen and oxygen atoms in total. The number of H-pyrrole nitrogens is 1. The molecule has 0 aliphatic carbocycles. The lowest BCUT2D eigenvalue weighted by Gasteiger charge is -2.09. The highest BCUT2D eigenvalue weighted by Gasteiger charge is 2.30. The van der Waals surface area contributed by atoms with Gasteiger partial charge in [-0.05, 0) is 36.6 Å². The van der Waals surface area contributed by atoms with Crippen molar-refractivity contribution in [1.82, 2.24) is 15.5 Å². The monoisotopic (exact) mass is 327 g/mol. The summed E-state index contributed by atoms with van der Waals surface area (Å²) in [6, 6.07) is 7.21. The molecule has 0 atom stereocenters. The van der Waals surface area contributed by atoms with Gasteiger partial charge in [0.05, 0.1) is 0 Å². The van der Waals surface area contributed by atoms with Gasteiger partial charge in [0.2, 0.25) is 0 Å². The molecule has 0 fully saturated rings. The van der Waals surface area contributed by atoms with Crippen LogP contribution < -0.4 is 10.1 Å². The van der Waals surface area contributed by atoms with Crippen molar-refractivity contribution >= 4 is 5.91 Å². The van der Waals surface area contributed by atoms with Crippen molar-refractivity contribution in [2.45, 2.75) is 26.1 Å². The number of aromatic nitrogens is 2. The highest BCUT2D eigenvalue weighted by molar-refractivity contribution is 5.92. The first kappa shape index (κ1) is 16.9. The third kappa shape index (κ3) is 5.32. The molecule has 0 aliphatic heterocycles. The first-order chi connectivity index (χ1) is 10.9. The average Bonchev–Trinajstić information content (AvgIpc) is 2.96. The number of carbonyl (C=O) groups is 1. The van der Waals surface area contributed by atoms with Crippen LogP contribution in [0.2, 0.25) is 0 Å². The molecule has 23 heavy (non-hydrogen) atoms. The lowest BCUT2D eigenvalue weighted by Crippen LogP contribution is -2.26. The number of rotatable bonds is 6. The Labute approximate surface area is 130 Å². The normalized spacial score (nSPS) is 11.3.